The zero-order valence-corrected chi connectivity index (χ0v) is 13.8. The van der Waals surface area contributed by atoms with Gasteiger partial charge < -0.3 is 19.2 Å². The van der Waals surface area contributed by atoms with E-state index in [-0.39, 0.29) is 18.6 Å². The summed E-state index contributed by atoms with van der Waals surface area (Å²) in [6, 6.07) is 13.2. The third kappa shape index (κ3) is 4.04. The van der Waals surface area contributed by atoms with Crippen molar-refractivity contribution in [2.75, 3.05) is 6.54 Å². The molecular formula is C19H23NO4. The molecule has 1 fully saturated rings. The quantitative estimate of drug-likeness (QED) is 0.885. The van der Waals surface area contributed by atoms with Crippen molar-refractivity contribution >= 4 is 5.91 Å². The van der Waals surface area contributed by atoms with E-state index in [1.807, 2.05) is 37.3 Å². The van der Waals surface area contributed by atoms with E-state index in [0.29, 0.717) is 12.3 Å². The lowest BCUT2D eigenvalue weighted by atomic mass is 10.1. The standard InChI is InChI=1S/C19H23NO4/c1-14-9-10-18(24-14)19(22)20(12-15-6-3-2-4-7-15)13-16(21)17-8-5-11-23-17/h2-8,11,14,16,18,21H,9-10,12-13H2,1H3. The number of hydrogen-bond donors (Lipinski definition) is 1. The Morgan fingerprint density at radius 1 is 1.25 bits per heavy atom. The van der Waals surface area contributed by atoms with Crippen molar-refractivity contribution in [2.24, 2.45) is 0 Å². The Balaban J connectivity index is 1.73. The van der Waals surface area contributed by atoms with E-state index >= 15 is 0 Å². The maximum absolute atomic E-state index is 12.9. The highest BCUT2D eigenvalue weighted by Crippen LogP contribution is 2.23. The van der Waals surface area contributed by atoms with Crippen molar-refractivity contribution in [3.05, 3.63) is 60.1 Å². The first-order chi connectivity index (χ1) is 11.6. The average molecular weight is 329 g/mol. The van der Waals surface area contributed by atoms with E-state index in [2.05, 4.69) is 0 Å². The molecule has 0 saturated carbocycles. The van der Waals surface area contributed by atoms with Crippen molar-refractivity contribution in [3.63, 3.8) is 0 Å². The molecule has 2 aromatic rings. The molecule has 1 aromatic carbocycles. The van der Waals surface area contributed by atoms with Crippen LogP contribution in [0.25, 0.3) is 0 Å². The fraction of sp³-hybridized carbons (Fsp3) is 0.421. The molecule has 3 atom stereocenters. The van der Waals surface area contributed by atoms with Crippen LogP contribution in [0.1, 0.15) is 37.2 Å². The van der Waals surface area contributed by atoms with Gasteiger partial charge in [-0.2, -0.15) is 0 Å². The van der Waals surface area contributed by atoms with Crippen LogP contribution in [0.2, 0.25) is 0 Å². The van der Waals surface area contributed by atoms with Crippen molar-refractivity contribution in [2.45, 2.75) is 44.6 Å². The van der Waals surface area contributed by atoms with Crippen LogP contribution in [0, 0.1) is 0 Å². The first-order valence-electron chi connectivity index (χ1n) is 8.33. The Morgan fingerprint density at radius 3 is 2.67 bits per heavy atom. The second kappa shape index (κ2) is 7.64. The maximum atomic E-state index is 12.9. The number of nitrogens with zero attached hydrogens (tertiary/aromatic N) is 1. The van der Waals surface area contributed by atoms with Gasteiger partial charge in [0.2, 0.25) is 0 Å². The molecule has 3 rings (SSSR count). The Bertz CT molecular complexity index is 641. The van der Waals surface area contributed by atoms with Crippen molar-refractivity contribution < 1.29 is 19.1 Å². The molecule has 128 valence electrons. The molecule has 0 radical (unpaired) electrons. The fourth-order valence-corrected chi connectivity index (χ4v) is 3.00. The fourth-order valence-electron chi connectivity index (χ4n) is 3.00. The predicted molar refractivity (Wildman–Crippen MR) is 89.1 cm³/mol. The topological polar surface area (TPSA) is 62.9 Å². The Labute approximate surface area is 141 Å². The smallest absolute Gasteiger partial charge is 0.252 e. The van der Waals surface area contributed by atoms with E-state index in [4.69, 9.17) is 9.15 Å². The summed E-state index contributed by atoms with van der Waals surface area (Å²) in [6.45, 7) is 2.59. The molecule has 1 aliphatic rings. The van der Waals surface area contributed by atoms with Gasteiger partial charge in [0, 0.05) is 6.54 Å². The van der Waals surface area contributed by atoms with Crippen LogP contribution in [0.5, 0.6) is 0 Å². The summed E-state index contributed by atoms with van der Waals surface area (Å²) >= 11 is 0. The number of amides is 1. The number of ether oxygens (including phenoxy) is 1. The molecule has 1 aromatic heterocycles. The molecular weight excluding hydrogens is 306 g/mol. The van der Waals surface area contributed by atoms with Gasteiger partial charge in [-0.05, 0) is 37.5 Å². The van der Waals surface area contributed by atoms with E-state index in [1.165, 1.54) is 6.26 Å². The molecule has 0 spiro atoms. The molecule has 2 heterocycles. The summed E-state index contributed by atoms with van der Waals surface area (Å²) < 4.78 is 11.0. The molecule has 0 aliphatic carbocycles. The minimum Gasteiger partial charge on any atom is -0.467 e. The summed E-state index contributed by atoms with van der Waals surface area (Å²) in [5.74, 6) is 0.385. The van der Waals surface area contributed by atoms with Crippen LogP contribution in [0.15, 0.2) is 53.1 Å². The number of carbonyl (C=O) groups excluding carboxylic acids is 1. The molecule has 5 nitrogen and oxygen atoms in total. The molecule has 1 amide bonds. The van der Waals surface area contributed by atoms with Gasteiger partial charge in [0.1, 0.15) is 18.0 Å². The van der Waals surface area contributed by atoms with Gasteiger partial charge in [0.25, 0.3) is 5.91 Å². The van der Waals surface area contributed by atoms with Crippen molar-refractivity contribution in [3.8, 4) is 0 Å². The largest absolute Gasteiger partial charge is 0.467 e. The number of furan rings is 1. The van der Waals surface area contributed by atoms with Gasteiger partial charge in [-0.1, -0.05) is 30.3 Å². The summed E-state index contributed by atoms with van der Waals surface area (Å²) in [5, 5.41) is 10.4. The predicted octanol–water partition coefficient (Wildman–Crippen LogP) is 2.91. The highest BCUT2D eigenvalue weighted by atomic mass is 16.5. The molecule has 5 heteroatoms. The lowest BCUT2D eigenvalue weighted by molar-refractivity contribution is -0.145. The van der Waals surface area contributed by atoms with Gasteiger partial charge in [0.05, 0.1) is 18.9 Å². The summed E-state index contributed by atoms with van der Waals surface area (Å²) in [4.78, 5) is 14.5. The van der Waals surface area contributed by atoms with Crippen LogP contribution in [0.3, 0.4) is 0 Å². The minimum absolute atomic E-state index is 0.0752. The van der Waals surface area contributed by atoms with E-state index in [0.717, 1.165) is 18.4 Å². The van der Waals surface area contributed by atoms with Gasteiger partial charge in [0.15, 0.2) is 0 Å². The first-order valence-corrected chi connectivity index (χ1v) is 8.33. The van der Waals surface area contributed by atoms with Crippen LogP contribution < -0.4 is 0 Å². The lowest BCUT2D eigenvalue weighted by Crippen LogP contribution is -2.41. The van der Waals surface area contributed by atoms with Crippen LogP contribution in [-0.4, -0.2) is 34.7 Å². The number of aliphatic hydroxyl groups excluding tert-OH is 1. The number of benzene rings is 1. The highest BCUT2D eigenvalue weighted by Gasteiger charge is 2.32. The maximum Gasteiger partial charge on any atom is 0.252 e. The summed E-state index contributed by atoms with van der Waals surface area (Å²) in [6.07, 6.45) is 1.95. The van der Waals surface area contributed by atoms with E-state index in [1.54, 1.807) is 17.0 Å². The number of carbonyl (C=O) groups is 1. The first kappa shape index (κ1) is 16.7. The molecule has 1 aliphatic heterocycles. The SMILES string of the molecule is CC1CCC(C(=O)N(Cc2ccccc2)CC(O)c2ccco2)O1. The second-order valence-electron chi connectivity index (χ2n) is 6.25. The third-order valence-electron chi connectivity index (χ3n) is 4.30. The zero-order valence-electron chi connectivity index (χ0n) is 13.8. The van der Waals surface area contributed by atoms with E-state index < -0.39 is 12.2 Å². The molecule has 0 bridgehead atoms. The molecule has 24 heavy (non-hydrogen) atoms. The Hall–Kier alpha value is -2.11. The molecule has 1 saturated heterocycles. The monoisotopic (exact) mass is 329 g/mol. The number of rotatable bonds is 6. The van der Waals surface area contributed by atoms with Crippen LogP contribution in [0.4, 0.5) is 0 Å². The third-order valence-corrected chi connectivity index (χ3v) is 4.30. The zero-order chi connectivity index (χ0) is 16.9. The number of hydrogen-bond acceptors (Lipinski definition) is 4. The van der Waals surface area contributed by atoms with Gasteiger partial charge in [-0.25, -0.2) is 0 Å². The Morgan fingerprint density at radius 2 is 2.04 bits per heavy atom. The van der Waals surface area contributed by atoms with Crippen LogP contribution in [-0.2, 0) is 16.1 Å². The minimum atomic E-state index is -0.855. The van der Waals surface area contributed by atoms with Gasteiger partial charge in [-0.3, -0.25) is 4.79 Å². The van der Waals surface area contributed by atoms with Gasteiger partial charge in [-0.15, -0.1) is 0 Å². The summed E-state index contributed by atoms with van der Waals surface area (Å²) in [7, 11) is 0. The van der Waals surface area contributed by atoms with Crippen molar-refractivity contribution in [1.29, 1.82) is 0 Å². The van der Waals surface area contributed by atoms with Gasteiger partial charge >= 0.3 is 0 Å². The molecule has 1 N–H and O–H groups in total. The van der Waals surface area contributed by atoms with E-state index in [9.17, 15) is 9.90 Å². The average Bonchev–Trinajstić information content (AvgIpc) is 3.26. The highest BCUT2D eigenvalue weighted by molar-refractivity contribution is 5.81. The number of aliphatic hydroxyl groups is 1. The van der Waals surface area contributed by atoms with Crippen LogP contribution >= 0.6 is 0 Å². The molecule has 3 unspecified atom stereocenters. The second-order valence-corrected chi connectivity index (χ2v) is 6.25. The summed E-state index contributed by atoms with van der Waals surface area (Å²) in [5.41, 5.74) is 1.02. The lowest BCUT2D eigenvalue weighted by Gasteiger charge is -2.27. The van der Waals surface area contributed by atoms with Crippen molar-refractivity contribution in [1.82, 2.24) is 4.90 Å². The normalized spacial score (nSPS) is 21.6. The Kier molecular flexibility index (Phi) is 5.33.